The van der Waals surface area contributed by atoms with Crippen molar-refractivity contribution in [1.82, 2.24) is 5.01 Å². The normalized spacial score (nSPS) is 14.7. The van der Waals surface area contributed by atoms with Crippen LogP contribution in [0.15, 0.2) is 16.2 Å². The maximum absolute atomic E-state index is 11.8. The number of rotatable bonds is 2. The van der Waals surface area contributed by atoms with Gasteiger partial charge in [0.15, 0.2) is 0 Å². The second-order valence-electron chi connectivity index (χ2n) is 2.57. The van der Waals surface area contributed by atoms with Gasteiger partial charge < -0.3 is 5.01 Å². The molecule has 0 aromatic heterocycles. The number of alkyl halides is 3. The third-order valence-electron chi connectivity index (χ3n) is 0.986. The number of allylic oxidation sites excluding steroid dienone is 2. The summed E-state index contributed by atoms with van der Waals surface area (Å²) in [6.45, 7) is 1.41. The molecule has 0 aliphatic carbocycles. The van der Waals surface area contributed by atoms with Gasteiger partial charge in [0.2, 0.25) is 0 Å². The van der Waals surface area contributed by atoms with Crippen molar-refractivity contribution >= 4 is 17.3 Å². The van der Waals surface area contributed by atoms with E-state index in [1.807, 2.05) is 0 Å². The number of nitrogens with zero attached hydrogens (tertiary/aromatic N) is 2. The van der Waals surface area contributed by atoms with Crippen LogP contribution in [0.1, 0.15) is 6.92 Å². The fourth-order valence-electron chi connectivity index (χ4n) is 0.596. The Kier molecular flexibility index (Phi) is 4.26. The van der Waals surface area contributed by atoms with Gasteiger partial charge in [-0.1, -0.05) is 11.6 Å². The largest absolute Gasteiger partial charge is 0.411 e. The van der Waals surface area contributed by atoms with Gasteiger partial charge in [0.05, 0.1) is 10.7 Å². The molecule has 0 bridgehead atoms. The van der Waals surface area contributed by atoms with E-state index in [0.29, 0.717) is 0 Å². The van der Waals surface area contributed by atoms with Crippen molar-refractivity contribution in [1.29, 1.82) is 0 Å². The van der Waals surface area contributed by atoms with E-state index in [1.165, 1.54) is 11.9 Å². The summed E-state index contributed by atoms with van der Waals surface area (Å²) in [6.07, 6.45) is -4.39. The summed E-state index contributed by atoms with van der Waals surface area (Å²) in [5.74, 6) is 0. The molecule has 0 fully saturated rings. The molecule has 0 rings (SSSR count). The molecular formula is C7H10ClF3N2. The molecule has 0 unspecified atom stereocenters. The van der Waals surface area contributed by atoms with Gasteiger partial charge in [-0.2, -0.15) is 18.3 Å². The number of hydrazone groups is 1. The van der Waals surface area contributed by atoms with Crippen LogP contribution in [0.5, 0.6) is 0 Å². The van der Waals surface area contributed by atoms with Gasteiger partial charge in [0, 0.05) is 20.2 Å². The molecular weight excluding hydrogens is 205 g/mol. The smallest absolute Gasteiger partial charge is 0.303 e. The number of hydrogen-bond acceptors (Lipinski definition) is 2. The highest BCUT2D eigenvalue weighted by Crippen LogP contribution is 2.20. The Balaban J connectivity index is 4.61. The summed E-state index contributed by atoms with van der Waals surface area (Å²) in [7, 11) is 3.20. The van der Waals surface area contributed by atoms with E-state index in [4.69, 9.17) is 11.6 Å². The van der Waals surface area contributed by atoms with E-state index in [0.717, 1.165) is 0 Å². The highest BCUT2D eigenvalue weighted by Gasteiger charge is 2.24. The molecule has 2 nitrogen and oxygen atoms in total. The van der Waals surface area contributed by atoms with Crippen LogP contribution in [0.4, 0.5) is 13.2 Å². The number of halogens is 4. The highest BCUT2D eigenvalue weighted by molar-refractivity contribution is 6.43. The highest BCUT2D eigenvalue weighted by atomic mass is 35.5. The van der Waals surface area contributed by atoms with E-state index in [1.54, 1.807) is 14.1 Å². The standard InChI is InChI=1S/C7H10ClF3N2/c1-5(12-13(2)3)6(8)4-7(9,10)11/h4H,1-3H3/b6-4-,12-5-. The summed E-state index contributed by atoms with van der Waals surface area (Å²) >= 11 is 5.34. The Morgan fingerprint density at radius 2 is 1.85 bits per heavy atom. The van der Waals surface area contributed by atoms with E-state index in [2.05, 4.69) is 5.10 Å². The average molecular weight is 215 g/mol. The Bertz CT molecular complexity index is 230. The lowest BCUT2D eigenvalue weighted by molar-refractivity contribution is -0.0799. The molecule has 0 saturated heterocycles. The zero-order valence-corrected chi connectivity index (χ0v) is 8.24. The van der Waals surface area contributed by atoms with Crippen molar-refractivity contribution in [3.63, 3.8) is 0 Å². The molecule has 6 heteroatoms. The first-order chi connectivity index (χ1) is 5.72. The first-order valence-electron chi connectivity index (χ1n) is 3.40. The maximum Gasteiger partial charge on any atom is 0.411 e. The Hall–Kier alpha value is -0.710. The first kappa shape index (κ1) is 12.3. The molecule has 0 heterocycles. The quantitative estimate of drug-likeness (QED) is 0.510. The first-order valence-corrected chi connectivity index (χ1v) is 3.78. The second kappa shape index (κ2) is 4.50. The van der Waals surface area contributed by atoms with Crippen LogP contribution in [0.2, 0.25) is 0 Å². The van der Waals surface area contributed by atoms with Crippen LogP contribution < -0.4 is 0 Å². The summed E-state index contributed by atoms with van der Waals surface area (Å²) in [6, 6.07) is 0. The lowest BCUT2D eigenvalue weighted by Crippen LogP contribution is -2.09. The molecule has 0 saturated carbocycles. The van der Waals surface area contributed by atoms with Gasteiger partial charge in [0.1, 0.15) is 0 Å². The Labute approximate surface area is 79.7 Å². The third-order valence-corrected chi connectivity index (χ3v) is 1.37. The van der Waals surface area contributed by atoms with Gasteiger partial charge in [-0.05, 0) is 6.92 Å². The molecule has 0 atom stereocenters. The summed E-state index contributed by atoms with van der Waals surface area (Å²) in [5.41, 5.74) is 0.129. The van der Waals surface area contributed by atoms with Crippen molar-refractivity contribution in [3.05, 3.63) is 11.1 Å². The van der Waals surface area contributed by atoms with E-state index in [-0.39, 0.29) is 11.8 Å². The average Bonchev–Trinajstić information content (AvgIpc) is 1.81. The lowest BCUT2D eigenvalue weighted by atomic mass is 10.3. The minimum Gasteiger partial charge on any atom is -0.303 e. The molecule has 0 spiro atoms. The van der Waals surface area contributed by atoms with Gasteiger partial charge in [-0.25, -0.2) is 0 Å². The van der Waals surface area contributed by atoms with E-state index >= 15 is 0 Å². The molecule has 13 heavy (non-hydrogen) atoms. The predicted molar refractivity (Wildman–Crippen MR) is 46.8 cm³/mol. The van der Waals surface area contributed by atoms with Crippen LogP contribution in [-0.2, 0) is 0 Å². The van der Waals surface area contributed by atoms with Crippen molar-refractivity contribution in [3.8, 4) is 0 Å². The molecule has 0 N–H and O–H groups in total. The van der Waals surface area contributed by atoms with Crippen molar-refractivity contribution < 1.29 is 13.2 Å². The maximum atomic E-state index is 11.8. The van der Waals surface area contributed by atoms with Gasteiger partial charge in [-0.15, -0.1) is 0 Å². The van der Waals surface area contributed by atoms with Gasteiger partial charge in [0.25, 0.3) is 0 Å². The van der Waals surface area contributed by atoms with Crippen LogP contribution >= 0.6 is 11.6 Å². The van der Waals surface area contributed by atoms with E-state index < -0.39 is 11.2 Å². The molecule has 0 radical (unpaired) electrons. The predicted octanol–water partition coefficient (Wildman–Crippen LogP) is 2.61. The fraction of sp³-hybridized carbons (Fsp3) is 0.571. The SMILES string of the molecule is CC(=N/N(C)C)/C(Cl)=C/C(F)(F)F. The minimum absolute atomic E-state index is 0.0108. The molecule has 0 aromatic carbocycles. The van der Waals surface area contributed by atoms with Crippen LogP contribution in [0.25, 0.3) is 0 Å². The topological polar surface area (TPSA) is 15.6 Å². The molecule has 0 aliphatic rings. The van der Waals surface area contributed by atoms with Crippen LogP contribution in [-0.4, -0.2) is 31.0 Å². The van der Waals surface area contributed by atoms with Crippen molar-refractivity contribution in [2.45, 2.75) is 13.1 Å². The molecule has 0 aliphatic heterocycles. The van der Waals surface area contributed by atoms with Crippen LogP contribution in [0, 0.1) is 0 Å². The molecule has 0 amide bonds. The number of hydrogen-bond donors (Lipinski definition) is 0. The Morgan fingerprint density at radius 1 is 1.38 bits per heavy atom. The molecule has 0 aromatic rings. The summed E-state index contributed by atoms with van der Waals surface area (Å²) in [5, 5.41) is 4.69. The second-order valence-corrected chi connectivity index (χ2v) is 2.97. The van der Waals surface area contributed by atoms with Crippen molar-refractivity contribution in [2.24, 2.45) is 5.10 Å². The van der Waals surface area contributed by atoms with E-state index in [9.17, 15) is 13.2 Å². The molecule has 76 valence electrons. The third kappa shape index (κ3) is 6.45. The van der Waals surface area contributed by atoms with Gasteiger partial charge >= 0.3 is 6.18 Å². The summed E-state index contributed by atoms with van der Waals surface area (Å²) in [4.78, 5) is 0. The summed E-state index contributed by atoms with van der Waals surface area (Å²) < 4.78 is 35.3. The fourth-order valence-corrected chi connectivity index (χ4v) is 0.757. The minimum atomic E-state index is -4.40. The monoisotopic (exact) mass is 214 g/mol. The van der Waals surface area contributed by atoms with Crippen LogP contribution in [0.3, 0.4) is 0 Å². The van der Waals surface area contributed by atoms with Gasteiger partial charge in [-0.3, -0.25) is 0 Å². The zero-order valence-electron chi connectivity index (χ0n) is 7.48. The Morgan fingerprint density at radius 3 is 2.15 bits per heavy atom. The van der Waals surface area contributed by atoms with Crippen molar-refractivity contribution in [2.75, 3.05) is 14.1 Å². The lowest BCUT2D eigenvalue weighted by Gasteiger charge is -2.07. The zero-order chi connectivity index (χ0) is 10.6.